The molecule has 7 rings (SSSR count). The fourth-order valence-corrected chi connectivity index (χ4v) is 6.03. The molecule has 1 aliphatic rings. The zero-order valence-corrected chi connectivity index (χ0v) is 19.7. The highest BCUT2D eigenvalue weighted by Crippen LogP contribution is 2.53. The summed E-state index contributed by atoms with van der Waals surface area (Å²) in [6.07, 6.45) is 0. The second kappa shape index (κ2) is 7.18. The number of benzene rings is 6. The van der Waals surface area contributed by atoms with Crippen molar-refractivity contribution in [3.05, 3.63) is 108 Å². The Labute approximate surface area is 195 Å². The van der Waals surface area contributed by atoms with Gasteiger partial charge in [-0.2, -0.15) is 0 Å². The standard InChI is InChI=1S/C31H22.C2H6/c1-31(2)29-26(15-14-22-16-19-8-3-4-9-20(19)18-27(22)29)25-13-7-11-23-17-21-10-5-6-12-24(21)30(31)28(23)25;1-2/h3-18H,1-2H3;1-2H3. The van der Waals surface area contributed by atoms with Crippen LogP contribution in [0, 0.1) is 0 Å². The van der Waals surface area contributed by atoms with Crippen LogP contribution in [0.1, 0.15) is 38.8 Å². The summed E-state index contributed by atoms with van der Waals surface area (Å²) in [6, 6.07) is 36.1. The van der Waals surface area contributed by atoms with Crippen LogP contribution in [0.3, 0.4) is 0 Å². The quantitative estimate of drug-likeness (QED) is 0.213. The highest BCUT2D eigenvalue weighted by molar-refractivity contribution is 6.14. The van der Waals surface area contributed by atoms with Crippen LogP contribution in [-0.4, -0.2) is 0 Å². The van der Waals surface area contributed by atoms with Crippen LogP contribution >= 0.6 is 0 Å². The fraction of sp³-hybridized carbons (Fsp3) is 0.152. The first kappa shape index (κ1) is 20.0. The summed E-state index contributed by atoms with van der Waals surface area (Å²) in [5.74, 6) is 0. The minimum absolute atomic E-state index is 0.106. The van der Waals surface area contributed by atoms with E-state index in [0.29, 0.717) is 0 Å². The molecular weight excluding hydrogens is 396 g/mol. The van der Waals surface area contributed by atoms with E-state index in [4.69, 9.17) is 0 Å². The van der Waals surface area contributed by atoms with Crippen molar-refractivity contribution in [1.29, 1.82) is 0 Å². The van der Waals surface area contributed by atoms with Crippen molar-refractivity contribution in [2.75, 3.05) is 0 Å². The monoisotopic (exact) mass is 424 g/mol. The Hall–Kier alpha value is -3.64. The van der Waals surface area contributed by atoms with Crippen LogP contribution in [-0.2, 0) is 5.41 Å². The Balaban J connectivity index is 0.00000101. The maximum Gasteiger partial charge on any atom is 0.0171 e. The van der Waals surface area contributed by atoms with Crippen LogP contribution in [0.25, 0.3) is 54.2 Å². The Kier molecular flexibility index (Phi) is 4.35. The lowest BCUT2D eigenvalue weighted by molar-refractivity contribution is 0.657. The summed E-state index contributed by atoms with van der Waals surface area (Å²) in [6.45, 7) is 8.83. The molecule has 0 spiro atoms. The minimum atomic E-state index is -0.106. The van der Waals surface area contributed by atoms with Gasteiger partial charge in [-0.15, -0.1) is 0 Å². The SMILES string of the molecule is CC.CC1(C)c2c(ccc3cc4ccccc4cc23)-c2cccc3cc4ccccc4c1c23. The molecule has 6 aromatic rings. The Morgan fingerprint density at radius 1 is 0.455 bits per heavy atom. The summed E-state index contributed by atoms with van der Waals surface area (Å²) in [5.41, 5.74) is 5.55. The van der Waals surface area contributed by atoms with Crippen molar-refractivity contribution in [2.45, 2.75) is 33.1 Å². The topological polar surface area (TPSA) is 0 Å². The molecule has 0 heteroatoms. The second-order valence-electron chi connectivity index (χ2n) is 9.41. The van der Waals surface area contributed by atoms with E-state index < -0.39 is 0 Å². The van der Waals surface area contributed by atoms with E-state index in [0.717, 1.165) is 0 Å². The number of fused-ring (bicyclic) bond motifs is 7. The molecule has 0 fully saturated rings. The normalized spacial score (nSPS) is 13.7. The van der Waals surface area contributed by atoms with Crippen LogP contribution < -0.4 is 0 Å². The molecule has 0 heterocycles. The van der Waals surface area contributed by atoms with E-state index in [-0.39, 0.29) is 5.41 Å². The van der Waals surface area contributed by atoms with Gasteiger partial charge in [-0.25, -0.2) is 0 Å². The molecule has 0 saturated heterocycles. The summed E-state index contributed by atoms with van der Waals surface area (Å²) < 4.78 is 0. The molecule has 1 aliphatic carbocycles. The van der Waals surface area contributed by atoms with Crippen LogP contribution in [0.2, 0.25) is 0 Å². The first-order valence-electron chi connectivity index (χ1n) is 12.0. The van der Waals surface area contributed by atoms with Gasteiger partial charge >= 0.3 is 0 Å². The largest absolute Gasteiger partial charge is 0.0683 e. The molecular formula is C33H28. The van der Waals surface area contributed by atoms with E-state index in [1.54, 1.807) is 0 Å². The van der Waals surface area contributed by atoms with Gasteiger partial charge in [0.2, 0.25) is 0 Å². The average molecular weight is 425 g/mol. The van der Waals surface area contributed by atoms with Crippen molar-refractivity contribution in [2.24, 2.45) is 0 Å². The molecule has 0 radical (unpaired) electrons. The van der Waals surface area contributed by atoms with E-state index in [1.807, 2.05) is 13.8 Å². The number of hydrogen-bond donors (Lipinski definition) is 0. The van der Waals surface area contributed by atoms with Gasteiger partial charge in [0.05, 0.1) is 0 Å². The lowest BCUT2D eigenvalue weighted by Crippen LogP contribution is -2.24. The highest BCUT2D eigenvalue weighted by atomic mass is 14.4. The molecule has 33 heavy (non-hydrogen) atoms. The predicted octanol–water partition coefficient (Wildman–Crippen LogP) is 9.63. The molecule has 0 bridgehead atoms. The summed E-state index contributed by atoms with van der Waals surface area (Å²) in [5, 5.41) is 10.7. The van der Waals surface area contributed by atoms with Crippen LogP contribution in [0.15, 0.2) is 97.1 Å². The number of hydrogen-bond acceptors (Lipinski definition) is 0. The molecule has 0 saturated carbocycles. The van der Waals surface area contributed by atoms with Crippen molar-refractivity contribution < 1.29 is 0 Å². The molecule has 0 aromatic heterocycles. The van der Waals surface area contributed by atoms with Gasteiger partial charge in [0, 0.05) is 5.41 Å². The molecule has 0 amide bonds. The highest BCUT2D eigenvalue weighted by Gasteiger charge is 2.36. The van der Waals surface area contributed by atoms with Gasteiger partial charge in [-0.1, -0.05) is 107 Å². The molecule has 0 unspecified atom stereocenters. The van der Waals surface area contributed by atoms with Gasteiger partial charge in [0.25, 0.3) is 0 Å². The van der Waals surface area contributed by atoms with Crippen molar-refractivity contribution in [3.8, 4) is 11.1 Å². The van der Waals surface area contributed by atoms with E-state index in [2.05, 4.69) is 111 Å². The number of rotatable bonds is 0. The van der Waals surface area contributed by atoms with Crippen LogP contribution in [0.5, 0.6) is 0 Å². The van der Waals surface area contributed by atoms with Crippen molar-refractivity contribution in [1.82, 2.24) is 0 Å². The molecule has 0 atom stereocenters. The molecule has 0 nitrogen and oxygen atoms in total. The first-order chi connectivity index (χ1) is 16.1. The molecule has 6 aromatic carbocycles. The van der Waals surface area contributed by atoms with Gasteiger partial charge < -0.3 is 0 Å². The Bertz CT molecular complexity index is 1700. The third kappa shape index (κ3) is 2.70. The predicted molar refractivity (Wildman–Crippen MR) is 145 cm³/mol. The van der Waals surface area contributed by atoms with E-state index >= 15 is 0 Å². The minimum Gasteiger partial charge on any atom is -0.0683 e. The third-order valence-electron chi connectivity index (χ3n) is 7.31. The maximum atomic E-state index is 2.41. The summed E-state index contributed by atoms with van der Waals surface area (Å²) in [4.78, 5) is 0. The molecule has 160 valence electrons. The van der Waals surface area contributed by atoms with Crippen LogP contribution in [0.4, 0.5) is 0 Å². The maximum absolute atomic E-state index is 2.41. The average Bonchev–Trinajstić information content (AvgIpc) is 2.85. The smallest absolute Gasteiger partial charge is 0.0171 e. The zero-order chi connectivity index (χ0) is 22.7. The zero-order valence-electron chi connectivity index (χ0n) is 19.7. The third-order valence-corrected chi connectivity index (χ3v) is 7.31. The van der Waals surface area contributed by atoms with Gasteiger partial charge in [0.1, 0.15) is 0 Å². The lowest BCUT2D eigenvalue weighted by Gasteiger charge is -2.37. The lowest BCUT2D eigenvalue weighted by atomic mass is 9.65. The van der Waals surface area contributed by atoms with Crippen molar-refractivity contribution >= 4 is 43.1 Å². The van der Waals surface area contributed by atoms with Gasteiger partial charge in [0.15, 0.2) is 0 Å². The van der Waals surface area contributed by atoms with E-state index in [1.165, 1.54) is 65.3 Å². The first-order valence-corrected chi connectivity index (χ1v) is 12.0. The second-order valence-corrected chi connectivity index (χ2v) is 9.41. The van der Waals surface area contributed by atoms with Crippen molar-refractivity contribution in [3.63, 3.8) is 0 Å². The van der Waals surface area contributed by atoms with E-state index in [9.17, 15) is 0 Å². The molecule has 0 N–H and O–H groups in total. The van der Waals surface area contributed by atoms with Gasteiger partial charge in [-0.3, -0.25) is 0 Å². The molecule has 0 aliphatic heterocycles. The fourth-order valence-electron chi connectivity index (χ4n) is 6.03. The Morgan fingerprint density at radius 2 is 1.06 bits per heavy atom. The summed E-state index contributed by atoms with van der Waals surface area (Å²) in [7, 11) is 0. The summed E-state index contributed by atoms with van der Waals surface area (Å²) >= 11 is 0. The van der Waals surface area contributed by atoms with Gasteiger partial charge in [-0.05, 0) is 83.5 Å². The Morgan fingerprint density at radius 3 is 1.85 bits per heavy atom.